The molecule has 0 aliphatic carbocycles. The highest BCUT2D eigenvalue weighted by atomic mass is 19.2. The van der Waals surface area contributed by atoms with Gasteiger partial charge in [-0.2, -0.15) is 0 Å². The van der Waals surface area contributed by atoms with E-state index in [0.717, 1.165) is 12.6 Å². The van der Waals surface area contributed by atoms with Gasteiger partial charge in [0.15, 0.2) is 23.4 Å². The first-order valence-electron chi connectivity index (χ1n) is 14.0. The number of fused-ring (bicyclic) bond motifs is 2. The van der Waals surface area contributed by atoms with E-state index >= 15 is 4.39 Å². The molecule has 0 bridgehead atoms. The highest BCUT2D eigenvalue weighted by Gasteiger charge is 2.27. The monoisotopic (exact) mass is 597 g/mol. The molecule has 1 unspecified atom stereocenters. The number of aliphatic hydroxyl groups is 2. The van der Waals surface area contributed by atoms with Crippen molar-refractivity contribution in [2.45, 2.75) is 18.9 Å². The standard InChI is InChI=1S/C29H33F2N7O5/c1-33-20-10-19(30)24(31)23-22(27(32)36-25(20)23)21(37-3-6-42-7-4-37)9-15-8-17-26(39)18(29(40)41)14-38(28(17)35-11-15)13-16-12-34-2-5-43-16/h8-11,14,16,29,33-34,36,40-41H,2-7,12-13,32H2,1H3/b21-9-. The third-order valence-electron chi connectivity index (χ3n) is 7.82. The molecule has 0 spiro atoms. The molecule has 1 atom stereocenters. The van der Waals surface area contributed by atoms with Gasteiger partial charge in [-0.3, -0.25) is 4.79 Å². The Hall–Kier alpha value is -4.08. The number of anilines is 2. The summed E-state index contributed by atoms with van der Waals surface area (Å²) in [6.07, 6.45) is 2.45. The van der Waals surface area contributed by atoms with E-state index in [4.69, 9.17) is 15.2 Å². The second-order valence-corrected chi connectivity index (χ2v) is 10.5. The van der Waals surface area contributed by atoms with Crippen LogP contribution in [0.2, 0.25) is 0 Å². The van der Waals surface area contributed by atoms with Gasteiger partial charge in [0.25, 0.3) is 0 Å². The van der Waals surface area contributed by atoms with Crippen LogP contribution in [0.4, 0.5) is 20.3 Å². The summed E-state index contributed by atoms with van der Waals surface area (Å²) in [6, 6.07) is 2.66. The largest absolute Gasteiger partial charge is 0.386 e. The van der Waals surface area contributed by atoms with E-state index in [0.29, 0.717) is 74.1 Å². The Balaban J connectivity index is 1.54. The molecule has 14 heteroatoms. The number of nitrogen functional groups attached to an aromatic ring is 1. The van der Waals surface area contributed by atoms with Crippen molar-refractivity contribution in [3.8, 4) is 0 Å². The molecule has 12 nitrogen and oxygen atoms in total. The Morgan fingerprint density at radius 3 is 2.77 bits per heavy atom. The summed E-state index contributed by atoms with van der Waals surface area (Å²) in [5.74, 6) is -1.94. The fraction of sp³-hybridized carbons (Fsp3) is 0.379. The third-order valence-corrected chi connectivity index (χ3v) is 7.82. The molecule has 7 N–H and O–H groups in total. The number of hydrogen-bond donors (Lipinski definition) is 6. The van der Waals surface area contributed by atoms with E-state index in [-0.39, 0.29) is 33.8 Å². The summed E-state index contributed by atoms with van der Waals surface area (Å²) in [5, 5.41) is 26.2. The Labute approximate surface area is 244 Å². The number of halogens is 2. The van der Waals surface area contributed by atoms with Crippen LogP contribution >= 0.6 is 0 Å². The van der Waals surface area contributed by atoms with E-state index in [2.05, 4.69) is 20.6 Å². The van der Waals surface area contributed by atoms with Gasteiger partial charge in [0.05, 0.1) is 65.6 Å². The summed E-state index contributed by atoms with van der Waals surface area (Å²) in [6.45, 7) is 3.92. The van der Waals surface area contributed by atoms with Gasteiger partial charge >= 0.3 is 0 Å². The van der Waals surface area contributed by atoms with Crippen molar-refractivity contribution in [2.24, 2.45) is 0 Å². The zero-order valence-corrected chi connectivity index (χ0v) is 23.5. The van der Waals surface area contributed by atoms with Gasteiger partial charge in [-0.25, -0.2) is 13.8 Å². The van der Waals surface area contributed by atoms with Gasteiger partial charge in [0, 0.05) is 57.4 Å². The molecule has 2 aliphatic heterocycles. The van der Waals surface area contributed by atoms with Gasteiger partial charge in [0.1, 0.15) is 11.5 Å². The summed E-state index contributed by atoms with van der Waals surface area (Å²) in [5.41, 5.74) is 7.85. The van der Waals surface area contributed by atoms with E-state index in [9.17, 15) is 19.4 Å². The van der Waals surface area contributed by atoms with Crippen molar-refractivity contribution in [1.29, 1.82) is 0 Å². The number of aromatic nitrogens is 3. The first-order chi connectivity index (χ1) is 20.8. The molecule has 2 aliphatic rings. The number of pyridine rings is 2. The lowest BCUT2D eigenvalue weighted by Crippen LogP contribution is -2.41. The minimum atomic E-state index is -2.00. The molecule has 1 aromatic carbocycles. The molecule has 0 saturated carbocycles. The highest BCUT2D eigenvalue weighted by molar-refractivity contribution is 6.06. The number of aromatic amines is 1. The van der Waals surface area contributed by atoms with Crippen molar-refractivity contribution < 1.29 is 28.5 Å². The number of hydrogen-bond acceptors (Lipinski definition) is 10. The van der Waals surface area contributed by atoms with E-state index in [1.54, 1.807) is 30.0 Å². The van der Waals surface area contributed by atoms with Crippen LogP contribution in [0.1, 0.15) is 23.0 Å². The number of rotatable bonds is 7. The van der Waals surface area contributed by atoms with Crippen LogP contribution in [0, 0.1) is 11.6 Å². The Morgan fingerprint density at radius 1 is 1.28 bits per heavy atom. The van der Waals surface area contributed by atoms with Crippen molar-refractivity contribution in [1.82, 2.24) is 24.8 Å². The maximum atomic E-state index is 15.4. The SMILES string of the molecule is CNc1cc(F)c(F)c2c(/C(=C/c3cnc4c(c3)c(=O)c(C(O)O)cn4CC3CNCCO3)N3CCOCC3)c(N)[nH]c12. The number of benzene rings is 1. The number of morpholine rings is 2. The van der Waals surface area contributed by atoms with E-state index in [1.165, 1.54) is 6.20 Å². The Bertz CT molecular complexity index is 1760. The zero-order chi connectivity index (χ0) is 30.2. The van der Waals surface area contributed by atoms with Crippen LogP contribution in [0.3, 0.4) is 0 Å². The molecule has 43 heavy (non-hydrogen) atoms. The molecule has 2 saturated heterocycles. The van der Waals surface area contributed by atoms with Crippen molar-refractivity contribution in [3.63, 3.8) is 0 Å². The van der Waals surface area contributed by atoms with Crippen LogP contribution in [-0.2, 0) is 16.0 Å². The molecule has 5 heterocycles. The Kier molecular flexibility index (Phi) is 8.03. The van der Waals surface area contributed by atoms with Gasteiger partial charge < -0.3 is 50.5 Å². The number of nitrogens with zero attached hydrogens (tertiary/aromatic N) is 3. The number of ether oxygens (including phenoxy) is 2. The van der Waals surface area contributed by atoms with Gasteiger partial charge in [-0.05, 0) is 17.7 Å². The minimum absolute atomic E-state index is 0.0116. The summed E-state index contributed by atoms with van der Waals surface area (Å²) in [4.78, 5) is 22.9. The molecular formula is C29H33F2N7O5. The first-order valence-corrected chi connectivity index (χ1v) is 14.0. The quantitative estimate of drug-likeness (QED) is 0.173. The van der Waals surface area contributed by atoms with E-state index < -0.39 is 23.4 Å². The average Bonchev–Trinajstić information content (AvgIpc) is 3.36. The average molecular weight is 598 g/mol. The second-order valence-electron chi connectivity index (χ2n) is 10.5. The summed E-state index contributed by atoms with van der Waals surface area (Å²) in [7, 11) is 1.60. The lowest BCUT2D eigenvalue weighted by atomic mass is 10.0. The maximum absolute atomic E-state index is 15.4. The van der Waals surface area contributed by atoms with Crippen LogP contribution < -0.4 is 21.8 Å². The summed E-state index contributed by atoms with van der Waals surface area (Å²) >= 11 is 0. The van der Waals surface area contributed by atoms with Gasteiger partial charge in [0.2, 0.25) is 0 Å². The number of H-pyrrole nitrogens is 1. The lowest BCUT2D eigenvalue weighted by Gasteiger charge is -2.31. The predicted octanol–water partition coefficient (Wildman–Crippen LogP) is 1.58. The molecule has 0 amide bonds. The topological polar surface area (TPSA) is 163 Å². The zero-order valence-electron chi connectivity index (χ0n) is 23.5. The Morgan fingerprint density at radius 2 is 2.07 bits per heavy atom. The second kappa shape index (κ2) is 11.9. The van der Waals surface area contributed by atoms with Crippen molar-refractivity contribution in [2.75, 3.05) is 64.1 Å². The fourth-order valence-corrected chi connectivity index (χ4v) is 5.74. The molecule has 3 aromatic heterocycles. The predicted molar refractivity (Wildman–Crippen MR) is 158 cm³/mol. The van der Waals surface area contributed by atoms with Crippen LogP contribution in [-0.4, -0.2) is 88.8 Å². The third kappa shape index (κ3) is 5.43. The van der Waals surface area contributed by atoms with E-state index in [1.807, 2.05) is 4.90 Å². The fourth-order valence-electron chi connectivity index (χ4n) is 5.74. The van der Waals surface area contributed by atoms with Crippen molar-refractivity contribution in [3.05, 3.63) is 63.1 Å². The number of nitrogens with two attached hydrogens (primary N) is 1. The minimum Gasteiger partial charge on any atom is -0.386 e. The maximum Gasteiger partial charge on any atom is 0.199 e. The van der Waals surface area contributed by atoms with Crippen molar-refractivity contribution >= 4 is 45.2 Å². The molecule has 6 rings (SSSR count). The summed E-state index contributed by atoms with van der Waals surface area (Å²) < 4.78 is 43.1. The van der Waals surface area contributed by atoms with Crippen LogP contribution in [0.25, 0.3) is 33.7 Å². The smallest absolute Gasteiger partial charge is 0.199 e. The molecule has 4 aromatic rings. The highest BCUT2D eigenvalue weighted by Crippen LogP contribution is 2.39. The number of aliphatic hydroxyl groups excluding tert-OH is 1. The first kappa shape index (κ1) is 29.0. The normalized spacial score (nSPS) is 18.2. The van der Waals surface area contributed by atoms with Gasteiger partial charge in [-0.15, -0.1) is 0 Å². The lowest BCUT2D eigenvalue weighted by molar-refractivity contribution is -0.0438. The molecule has 2 fully saturated rings. The van der Waals surface area contributed by atoms with Crippen LogP contribution in [0.5, 0.6) is 0 Å². The van der Waals surface area contributed by atoms with Crippen LogP contribution in [0.15, 0.2) is 29.3 Å². The number of nitrogens with one attached hydrogen (secondary N) is 3. The molecule has 0 radical (unpaired) electrons. The molecule has 228 valence electrons. The molecular weight excluding hydrogens is 564 g/mol. The van der Waals surface area contributed by atoms with Gasteiger partial charge in [-0.1, -0.05) is 0 Å².